The topological polar surface area (TPSA) is 67.9 Å². The van der Waals surface area contributed by atoms with Gasteiger partial charge in [0.2, 0.25) is 5.91 Å². The van der Waals surface area contributed by atoms with E-state index < -0.39 is 17.3 Å². The highest BCUT2D eigenvalue weighted by atomic mass is 19.1. The first-order valence-corrected chi connectivity index (χ1v) is 9.02. The molecule has 2 aromatic carbocycles. The lowest BCUT2D eigenvalue weighted by Gasteiger charge is -2.27. The smallest absolute Gasteiger partial charge is 0.258 e. The Balaban J connectivity index is 1.93. The van der Waals surface area contributed by atoms with E-state index in [1.165, 1.54) is 18.2 Å². The van der Waals surface area contributed by atoms with Gasteiger partial charge in [0.15, 0.2) is 11.5 Å². The zero-order valence-corrected chi connectivity index (χ0v) is 16.1. The average molecular weight is 386 g/mol. The van der Waals surface area contributed by atoms with Crippen LogP contribution >= 0.6 is 0 Å². The molecule has 28 heavy (non-hydrogen) atoms. The van der Waals surface area contributed by atoms with Crippen molar-refractivity contribution in [3.05, 3.63) is 53.8 Å². The van der Waals surface area contributed by atoms with Gasteiger partial charge < -0.3 is 14.8 Å². The first kappa shape index (κ1) is 19.7. The van der Waals surface area contributed by atoms with Gasteiger partial charge >= 0.3 is 0 Å². The fourth-order valence-electron chi connectivity index (χ4n) is 2.87. The number of para-hydroxylation sites is 1. The monoisotopic (exact) mass is 386 g/mol. The van der Waals surface area contributed by atoms with Gasteiger partial charge in [-0.2, -0.15) is 0 Å². The number of hydrogen-bond donors (Lipinski definition) is 1. The molecule has 0 fully saturated rings. The van der Waals surface area contributed by atoms with Crippen LogP contribution in [0, 0.1) is 5.82 Å². The van der Waals surface area contributed by atoms with E-state index in [9.17, 15) is 14.0 Å². The molecule has 3 rings (SSSR count). The molecule has 1 aliphatic rings. The van der Waals surface area contributed by atoms with Crippen molar-refractivity contribution < 1.29 is 23.5 Å². The van der Waals surface area contributed by atoms with Crippen LogP contribution < -0.4 is 19.7 Å². The third-order valence-electron chi connectivity index (χ3n) is 3.99. The second kappa shape index (κ2) is 7.88. The Morgan fingerprint density at radius 3 is 2.43 bits per heavy atom. The van der Waals surface area contributed by atoms with Crippen LogP contribution in [0.1, 0.15) is 31.1 Å². The Hall–Kier alpha value is -3.09. The van der Waals surface area contributed by atoms with Crippen molar-refractivity contribution in [1.29, 1.82) is 0 Å². The van der Waals surface area contributed by atoms with Crippen LogP contribution in [0.5, 0.6) is 11.5 Å². The van der Waals surface area contributed by atoms with Gasteiger partial charge in [-0.3, -0.25) is 14.5 Å². The molecule has 7 heteroatoms. The summed E-state index contributed by atoms with van der Waals surface area (Å²) in [4.78, 5) is 26.7. The first-order chi connectivity index (χ1) is 13.2. The molecule has 6 nitrogen and oxygen atoms in total. The molecule has 0 spiro atoms. The molecule has 148 valence electrons. The molecule has 1 heterocycles. The molecule has 0 bridgehead atoms. The zero-order valence-electron chi connectivity index (χ0n) is 16.1. The predicted molar refractivity (Wildman–Crippen MR) is 103 cm³/mol. The van der Waals surface area contributed by atoms with Crippen molar-refractivity contribution in [3.8, 4) is 11.5 Å². The van der Waals surface area contributed by atoms with Gasteiger partial charge in [0.05, 0.1) is 5.69 Å². The van der Waals surface area contributed by atoms with Crippen molar-refractivity contribution in [2.24, 2.45) is 0 Å². The lowest BCUT2D eigenvalue weighted by Crippen LogP contribution is -2.47. The molecular formula is C21H23FN2O4. The summed E-state index contributed by atoms with van der Waals surface area (Å²) in [6.45, 7) is 6.01. The number of rotatable bonds is 4. The molecule has 0 saturated carbocycles. The van der Waals surface area contributed by atoms with Crippen molar-refractivity contribution in [1.82, 2.24) is 5.32 Å². The molecular weight excluding hydrogens is 363 g/mol. The highest BCUT2D eigenvalue weighted by Crippen LogP contribution is 2.32. The van der Waals surface area contributed by atoms with Gasteiger partial charge in [0.1, 0.15) is 25.6 Å². The van der Waals surface area contributed by atoms with Gasteiger partial charge in [0, 0.05) is 11.1 Å². The summed E-state index contributed by atoms with van der Waals surface area (Å²) >= 11 is 0. The summed E-state index contributed by atoms with van der Waals surface area (Å²) in [6.07, 6.45) is 0. The van der Waals surface area contributed by atoms with Crippen LogP contribution in [0.25, 0.3) is 0 Å². The van der Waals surface area contributed by atoms with E-state index in [0.29, 0.717) is 24.7 Å². The van der Waals surface area contributed by atoms with Crippen molar-refractivity contribution in [2.45, 2.75) is 26.3 Å². The molecule has 0 unspecified atom stereocenters. The van der Waals surface area contributed by atoms with E-state index in [0.717, 1.165) is 4.90 Å². The molecule has 2 aromatic rings. The maximum absolute atomic E-state index is 14.4. The van der Waals surface area contributed by atoms with E-state index >= 15 is 0 Å². The van der Waals surface area contributed by atoms with Crippen LogP contribution in [-0.2, 0) is 4.79 Å². The Morgan fingerprint density at radius 2 is 1.75 bits per heavy atom. The highest BCUT2D eigenvalue weighted by molar-refractivity contribution is 6.09. The Labute approximate surface area is 163 Å². The van der Waals surface area contributed by atoms with Gasteiger partial charge in [-0.1, -0.05) is 12.1 Å². The van der Waals surface area contributed by atoms with E-state index in [1.54, 1.807) is 24.3 Å². The number of nitrogens with zero attached hydrogens (tertiary/aromatic N) is 1. The summed E-state index contributed by atoms with van der Waals surface area (Å²) < 4.78 is 25.4. The van der Waals surface area contributed by atoms with Gasteiger partial charge in [-0.15, -0.1) is 0 Å². The summed E-state index contributed by atoms with van der Waals surface area (Å²) in [7, 11) is 0. The van der Waals surface area contributed by atoms with Gasteiger partial charge in [-0.05, 0) is 51.1 Å². The quantitative estimate of drug-likeness (QED) is 0.877. The summed E-state index contributed by atoms with van der Waals surface area (Å²) in [5.74, 6) is -0.486. The highest BCUT2D eigenvalue weighted by Gasteiger charge is 2.26. The van der Waals surface area contributed by atoms with Gasteiger partial charge in [0.25, 0.3) is 5.91 Å². The van der Waals surface area contributed by atoms with Crippen LogP contribution in [0.2, 0.25) is 0 Å². The maximum Gasteiger partial charge on any atom is 0.258 e. The number of carbonyl (C=O) groups is 2. The maximum atomic E-state index is 14.4. The molecule has 0 aromatic heterocycles. The first-order valence-electron chi connectivity index (χ1n) is 9.02. The number of nitrogens with one attached hydrogen (secondary N) is 1. The minimum absolute atomic E-state index is 0.0337. The number of amides is 2. The number of ether oxygens (including phenoxy) is 2. The molecule has 1 N–H and O–H groups in total. The normalized spacial score (nSPS) is 13.0. The van der Waals surface area contributed by atoms with Crippen molar-refractivity contribution in [2.75, 3.05) is 24.7 Å². The molecule has 0 atom stereocenters. The second-order valence-electron chi connectivity index (χ2n) is 7.50. The predicted octanol–water partition coefficient (Wildman–Crippen LogP) is 3.16. The fourth-order valence-corrected chi connectivity index (χ4v) is 2.87. The zero-order chi connectivity index (χ0) is 20.3. The SMILES string of the molecule is CC(C)(C)NC(=O)CN(C(=O)c1ccc2c(c1)OCCO2)c1ccccc1F. The third kappa shape index (κ3) is 4.60. The van der Waals surface area contributed by atoms with Crippen LogP contribution in [-0.4, -0.2) is 37.1 Å². The number of benzene rings is 2. The van der Waals surface area contributed by atoms with Gasteiger partial charge in [-0.25, -0.2) is 4.39 Å². The van der Waals surface area contributed by atoms with E-state index in [4.69, 9.17) is 9.47 Å². The van der Waals surface area contributed by atoms with Crippen molar-refractivity contribution in [3.63, 3.8) is 0 Å². The largest absolute Gasteiger partial charge is 0.486 e. The molecule has 1 aliphatic heterocycles. The Morgan fingerprint density at radius 1 is 1.07 bits per heavy atom. The molecule has 2 amide bonds. The Bertz CT molecular complexity index is 892. The molecule has 0 saturated heterocycles. The summed E-state index contributed by atoms with van der Waals surface area (Å²) in [5.41, 5.74) is -0.166. The minimum Gasteiger partial charge on any atom is -0.486 e. The molecule has 0 radical (unpaired) electrons. The average Bonchev–Trinajstić information content (AvgIpc) is 2.64. The number of fused-ring (bicyclic) bond motifs is 1. The number of carbonyl (C=O) groups excluding carboxylic acids is 2. The fraction of sp³-hybridized carbons (Fsp3) is 0.333. The standard InChI is InChI=1S/C21H23FN2O4/c1-21(2,3)23-19(25)13-24(16-7-5-4-6-15(16)22)20(26)14-8-9-17-18(12-14)28-11-10-27-17/h4-9,12H,10-11,13H2,1-3H3,(H,23,25). The lowest BCUT2D eigenvalue weighted by atomic mass is 10.1. The number of anilines is 1. The van der Waals surface area contributed by atoms with Crippen LogP contribution in [0.3, 0.4) is 0 Å². The van der Waals surface area contributed by atoms with Crippen LogP contribution in [0.15, 0.2) is 42.5 Å². The lowest BCUT2D eigenvalue weighted by molar-refractivity contribution is -0.121. The molecule has 0 aliphatic carbocycles. The summed E-state index contributed by atoms with van der Waals surface area (Å²) in [6, 6.07) is 10.6. The van der Waals surface area contributed by atoms with Crippen LogP contribution in [0.4, 0.5) is 10.1 Å². The Kier molecular flexibility index (Phi) is 5.53. The van der Waals surface area contributed by atoms with E-state index in [1.807, 2.05) is 20.8 Å². The van der Waals surface area contributed by atoms with Crippen molar-refractivity contribution >= 4 is 17.5 Å². The van der Waals surface area contributed by atoms with E-state index in [2.05, 4.69) is 5.32 Å². The number of hydrogen-bond acceptors (Lipinski definition) is 4. The van der Waals surface area contributed by atoms with E-state index in [-0.39, 0.29) is 23.7 Å². The second-order valence-corrected chi connectivity index (χ2v) is 7.50. The minimum atomic E-state index is -0.586. The third-order valence-corrected chi connectivity index (χ3v) is 3.99. The number of halogens is 1. The summed E-state index contributed by atoms with van der Waals surface area (Å²) in [5, 5.41) is 2.80.